The van der Waals surface area contributed by atoms with Gasteiger partial charge in [-0.15, -0.1) is 0 Å². The predicted octanol–water partition coefficient (Wildman–Crippen LogP) is 2.53. The Kier molecular flexibility index (Phi) is 30.4. The maximum Gasteiger partial charge on any atom is 0.303 e. The van der Waals surface area contributed by atoms with Crippen LogP contribution in [0.25, 0.3) is 0 Å². The lowest BCUT2D eigenvalue weighted by molar-refractivity contribution is -0.138. The van der Waals surface area contributed by atoms with Crippen molar-refractivity contribution in [3.8, 4) is 0 Å². The van der Waals surface area contributed by atoms with Gasteiger partial charge in [-0.1, -0.05) is 0 Å². The first-order valence-electron chi connectivity index (χ1n) is 7.08. The van der Waals surface area contributed by atoms with Gasteiger partial charge in [-0.05, 0) is 38.9 Å². The molecule has 154 valence electrons. The number of hydrogen-bond acceptors (Lipinski definition) is 7. The summed E-state index contributed by atoms with van der Waals surface area (Å²) in [6.07, 6.45) is 1.05. The smallest absolute Gasteiger partial charge is 0.303 e. The second kappa shape index (κ2) is 24.1. The van der Waals surface area contributed by atoms with E-state index in [0.717, 1.165) is 0 Å². The number of carbonyl (C=O) groups excluding carboxylic acids is 4. The van der Waals surface area contributed by atoms with E-state index in [1.807, 2.05) is 0 Å². The standard InChI is InChI=1S/C5H7ClO2.C5H8O3.C4H9NO.Cl2OS/c1-4(7)2-3-5(6)8;1-4(6)2-3-5(7)8;1-4(6)2-3-5;1-4(2)3/h2-3H2,1H3;2-3H2,1H3,(H,7,8);2-3,5H2,1H3;. The van der Waals surface area contributed by atoms with Gasteiger partial charge in [0.05, 0.1) is 6.42 Å². The topological polar surface area (TPSA) is 149 Å². The van der Waals surface area contributed by atoms with Crippen molar-refractivity contribution in [2.75, 3.05) is 6.54 Å². The Morgan fingerprint density at radius 2 is 1.12 bits per heavy atom. The van der Waals surface area contributed by atoms with Crippen LogP contribution in [0.5, 0.6) is 0 Å². The third-order valence-electron chi connectivity index (χ3n) is 1.86. The summed E-state index contributed by atoms with van der Waals surface area (Å²) in [5.74, 6) is -0.830. The van der Waals surface area contributed by atoms with E-state index in [0.29, 0.717) is 13.0 Å². The number of rotatable bonds is 8. The molecule has 0 heterocycles. The third-order valence-corrected chi connectivity index (χ3v) is 2.05. The van der Waals surface area contributed by atoms with Crippen molar-refractivity contribution in [1.82, 2.24) is 0 Å². The van der Waals surface area contributed by atoms with Crippen LogP contribution in [-0.2, 0) is 33.2 Å². The number of carboxylic acid groups (broad SMARTS) is 1. The maximum absolute atomic E-state index is 10.1. The van der Waals surface area contributed by atoms with E-state index in [1.165, 1.54) is 20.8 Å². The molecule has 0 aliphatic rings. The van der Waals surface area contributed by atoms with Gasteiger partial charge in [-0.3, -0.25) is 14.4 Å². The lowest BCUT2D eigenvalue weighted by Crippen LogP contribution is -2.03. The summed E-state index contributed by atoms with van der Waals surface area (Å²) >= 11 is 4.93. The fourth-order valence-corrected chi connectivity index (χ4v) is 0.855. The van der Waals surface area contributed by atoms with Gasteiger partial charge < -0.3 is 20.4 Å². The Labute approximate surface area is 169 Å². The second-order valence-corrected chi connectivity index (χ2v) is 7.52. The maximum atomic E-state index is 10.1. The Bertz CT molecular complexity index is 413. The molecule has 0 bridgehead atoms. The van der Waals surface area contributed by atoms with E-state index in [-0.39, 0.29) is 43.0 Å². The molecule has 0 atom stereocenters. The molecule has 12 heteroatoms. The van der Waals surface area contributed by atoms with E-state index >= 15 is 0 Å². The molecule has 0 aliphatic carbocycles. The molecule has 0 aromatic rings. The first-order chi connectivity index (χ1) is 11.8. The monoisotopic (exact) mass is 455 g/mol. The number of aliphatic carboxylic acids is 1. The second-order valence-electron chi connectivity index (χ2n) is 4.58. The molecule has 26 heavy (non-hydrogen) atoms. The van der Waals surface area contributed by atoms with Crippen LogP contribution in [0.3, 0.4) is 0 Å². The molecule has 0 radical (unpaired) electrons. The van der Waals surface area contributed by atoms with Gasteiger partial charge >= 0.3 is 5.97 Å². The van der Waals surface area contributed by atoms with Crippen LogP contribution in [-0.4, -0.2) is 44.4 Å². The molecule has 0 amide bonds. The number of carbonyl (C=O) groups is 5. The Morgan fingerprint density at radius 1 is 0.808 bits per heavy atom. The van der Waals surface area contributed by atoms with E-state index in [9.17, 15) is 24.0 Å². The van der Waals surface area contributed by atoms with Crippen LogP contribution in [0, 0.1) is 0 Å². The minimum Gasteiger partial charge on any atom is -0.481 e. The number of ketones is 3. The molecule has 0 aromatic heterocycles. The molecule has 3 N–H and O–H groups in total. The summed E-state index contributed by atoms with van der Waals surface area (Å²) in [5.41, 5.74) is 5.01. The average Bonchev–Trinajstić information content (AvgIpc) is 2.43. The number of hydrogen-bond donors (Lipinski definition) is 2. The fraction of sp³-hybridized carbons (Fsp3) is 0.643. The molecule has 0 saturated heterocycles. The highest BCUT2D eigenvalue weighted by Crippen LogP contribution is 1.94. The highest BCUT2D eigenvalue weighted by atomic mass is 36.0. The van der Waals surface area contributed by atoms with Gasteiger partial charge in [0.15, 0.2) is 0 Å². The Morgan fingerprint density at radius 3 is 1.19 bits per heavy atom. The lowest BCUT2D eigenvalue weighted by atomic mass is 10.2. The quantitative estimate of drug-likeness (QED) is 0.529. The molecular weight excluding hydrogens is 433 g/mol. The normalized spacial score (nSPS) is 8.62. The largest absolute Gasteiger partial charge is 0.481 e. The van der Waals surface area contributed by atoms with Crippen molar-refractivity contribution in [3.05, 3.63) is 0 Å². The Hall–Kier alpha value is -0.870. The van der Waals surface area contributed by atoms with Gasteiger partial charge in [0.1, 0.15) is 17.3 Å². The van der Waals surface area contributed by atoms with Crippen LogP contribution in [0.1, 0.15) is 52.9 Å². The van der Waals surface area contributed by atoms with Gasteiger partial charge in [0.25, 0.3) is 0 Å². The number of carboxylic acids is 1. The molecule has 8 nitrogen and oxygen atoms in total. The third kappa shape index (κ3) is 77.0. The lowest BCUT2D eigenvalue weighted by Gasteiger charge is -1.86. The zero-order chi connectivity index (χ0) is 21.7. The predicted molar refractivity (Wildman–Crippen MR) is 103 cm³/mol. The first kappa shape index (κ1) is 32.8. The highest BCUT2D eigenvalue weighted by molar-refractivity contribution is 8.26. The summed E-state index contributed by atoms with van der Waals surface area (Å²) in [4.78, 5) is 49.9. The zero-order valence-corrected chi connectivity index (χ0v) is 17.8. The van der Waals surface area contributed by atoms with Crippen LogP contribution >= 0.6 is 33.0 Å². The molecule has 0 aromatic carbocycles. The van der Waals surface area contributed by atoms with Gasteiger partial charge in [0.2, 0.25) is 14.5 Å². The molecule has 0 rings (SSSR count). The average molecular weight is 457 g/mol. The van der Waals surface area contributed by atoms with E-state index in [1.54, 1.807) is 0 Å². The number of halogens is 3. The van der Waals surface area contributed by atoms with Crippen LogP contribution < -0.4 is 5.73 Å². The van der Waals surface area contributed by atoms with E-state index in [4.69, 9.17) is 26.7 Å². The van der Waals surface area contributed by atoms with Crippen LogP contribution in [0.2, 0.25) is 0 Å². The van der Waals surface area contributed by atoms with Crippen molar-refractivity contribution < 1.29 is 33.3 Å². The van der Waals surface area contributed by atoms with Gasteiger partial charge in [0, 0.05) is 47.0 Å². The molecular formula is C14H24Cl3NO7S. The molecule has 0 fully saturated rings. The minimum atomic E-state index is -1.67. The highest BCUT2D eigenvalue weighted by Gasteiger charge is 1.98. The van der Waals surface area contributed by atoms with Gasteiger partial charge in [-0.25, -0.2) is 4.21 Å². The van der Waals surface area contributed by atoms with Gasteiger partial charge in [-0.2, -0.15) is 0 Å². The molecule has 0 aliphatic heterocycles. The van der Waals surface area contributed by atoms with Crippen molar-refractivity contribution in [1.29, 1.82) is 0 Å². The number of nitrogens with two attached hydrogens (primary N) is 1. The summed E-state index contributed by atoms with van der Waals surface area (Å²) in [5, 5.41) is 7.57. The summed E-state index contributed by atoms with van der Waals surface area (Å²) in [7, 11) is 7.36. The number of Topliss-reactive ketones (excluding diaryl/α,β-unsaturated/α-hetero) is 3. The summed E-state index contributed by atoms with van der Waals surface area (Å²) in [6, 6.07) is 0. The Balaban J connectivity index is -0.000000128. The summed E-state index contributed by atoms with van der Waals surface area (Å²) < 4.78 is 9.09. The van der Waals surface area contributed by atoms with Crippen molar-refractivity contribution in [2.24, 2.45) is 5.73 Å². The van der Waals surface area contributed by atoms with E-state index in [2.05, 4.69) is 21.4 Å². The van der Waals surface area contributed by atoms with Crippen LogP contribution in [0.15, 0.2) is 0 Å². The molecule has 0 spiro atoms. The van der Waals surface area contributed by atoms with Crippen molar-refractivity contribution >= 4 is 70.8 Å². The van der Waals surface area contributed by atoms with Crippen molar-refractivity contribution in [2.45, 2.75) is 52.9 Å². The molecule has 0 unspecified atom stereocenters. The van der Waals surface area contributed by atoms with E-state index < -0.39 is 20.4 Å². The SMILES string of the molecule is CC(=O)CCC(=O)Cl.CC(=O)CCC(=O)O.CC(=O)CCN.O=S(Cl)Cl. The fourth-order valence-electron chi connectivity index (χ4n) is 0.761. The summed E-state index contributed by atoms with van der Waals surface area (Å²) in [6.45, 7) is 4.82. The van der Waals surface area contributed by atoms with Crippen LogP contribution in [0.4, 0.5) is 0 Å². The minimum absolute atomic E-state index is 0.000926. The zero-order valence-electron chi connectivity index (χ0n) is 14.8. The van der Waals surface area contributed by atoms with Crippen molar-refractivity contribution in [3.63, 3.8) is 0 Å². The first-order valence-corrected chi connectivity index (χ1v) is 10.3. The molecule has 0 saturated carbocycles.